The summed E-state index contributed by atoms with van der Waals surface area (Å²) >= 11 is 0. The molecule has 120 valence electrons. The van der Waals surface area contributed by atoms with E-state index < -0.39 is 0 Å². The summed E-state index contributed by atoms with van der Waals surface area (Å²) in [5, 5.41) is 4.20. The molecule has 23 heavy (non-hydrogen) atoms. The molecular formula is C19H23N3O. The molecule has 4 nitrogen and oxygen atoms in total. The Kier molecular flexibility index (Phi) is 4.24. The van der Waals surface area contributed by atoms with Crippen molar-refractivity contribution in [3.63, 3.8) is 0 Å². The van der Waals surface area contributed by atoms with Crippen molar-refractivity contribution in [1.29, 1.82) is 0 Å². The molecule has 1 amide bonds. The maximum Gasteiger partial charge on any atom is 0.247 e. The van der Waals surface area contributed by atoms with Crippen LogP contribution in [-0.2, 0) is 11.8 Å². The minimum absolute atomic E-state index is 0.0326. The number of aromatic nitrogens is 2. The Morgan fingerprint density at radius 1 is 1.13 bits per heavy atom. The first-order valence-corrected chi connectivity index (χ1v) is 8.03. The quantitative estimate of drug-likeness (QED) is 0.753. The lowest BCUT2D eigenvalue weighted by atomic mass is 10.0. The molecule has 3 rings (SSSR count). The van der Waals surface area contributed by atoms with Crippen LogP contribution in [0.3, 0.4) is 0 Å². The molecule has 0 fully saturated rings. The van der Waals surface area contributed by atoms with E-state index in [0.717, 1.165) is 23.0 Å². The number of nitrogens with one attached hydrogen (secondary N) is 1. The number of anilines is 1. The van der Waals surface area contributed by atoms with Gasteiger partial charge in [0.05, 0.1) is 0 Å². The SMILES string of the molecule is CC(C)C[C@@H](C(=O)Nc1ccc2c(ccn2C)c1)n1cccc1. The van der Waals surface area contributed by atoms with E-state index in [9.17, 15) is 4.79 Å². The van der Waals surface area contributed by atoms with Crippen LogP contribution in [0.1, 0.15) is 26.3 Å². The fourth-order valence-corrected chi connectivity index (χ4v) is 2.95. The zero-order chi connectivity index (χ0) is 16.4. The van der Waals surface area contributed by atoms with Gasteiger partial charge in [-0.2, -0.15) is 0 Å². The number of fused-ring (bicyclic) bond motifs is 1. The normalized spacial score (nSPS) is 12.7. The molecule has 1 aromatic carbocycles. The van der Waals surface area contributed by atoms with E-state index in [-0.39, 0.29) is 11.9 Å². The number of hydrogen-bond acceptors (Lipinski definition) is 1. The molecule has 1 atom stereocenters. The van der Waals surface area contributed by atoms with Crippen molar-refractivity contribution in [3.05, 3.63) is 55.0 Å². The van der Waals surface area contributed by atoms with Gasteiger partial charge in [0.15, 0.2) is 0 Å². The van der Waals surface area contributed by atoms with Gasteiger partial charge in [-0.05, 0) is 48.7 Å². The van der Waals surface area contributed by atoms with Crippen LogP contribution in [0.25, 0.3) is 10.9 Å². The topological polar surface area (TPSA) is 39.0 Å². The average Bonchev–Trinajstić information content (AvgIpc) is 3.15. The second-order valence-electron chi connectivity index (χ2n) is 6.47. The minimum Gasteiger partial charge on any atom is -0.351 e. The van der Waals surface area contributed by atoms with Gasteiger partial charge in [0.2, 0.25) is 5.91 Å². The van der Waals surface area contributed by atoms with Gasteiger partial charge in [0.1, 0.15) is 6.04 Å². The van der Waals surface area contributed by atoms with Crippen LogP contribution >= 0.6 is 0 Å². The van der Waals surface area contributed by atoms with Crippen LogP contribution < -0.4 is 5.32 Å². The largest absolute Gasteiger partial charge is 0.351 e. The number of benzene rings is 1. The summed E-state index contributed by atoms with van der Waals surface area (Å²) in [5.74, 6) is 0.481. The average molecular weight is 309 g/mol. The van der Waals surface area contributed by atoms with Gasteiger partial charge < -0.3 is 14.5 Å². The highest BCUT2D eigenvalue weighted by Gasteiger charge is 2.21. The van der Waals surface area contributed by atoms with Crippen LogP contribution in [0.4, 0.5) is 5.69 Å². The molecule has 0 aliphatic carbocycles. The highest BCUT2D eigenvalue weighted by Crippen LogP contribution is 2.23. The van der Waals surface area contributed by atoms with Gasteiger partial charge in [-0.1, -0.05) is 13.8 Å². The number of amides is 1. The van der Waals surface area contributed by atoms with Gasteiger partial charge >= 0.3 is 0 Å². The molecule has 0 spiro atoms. The number of rotatable bonds is 5. The fraction of sp³-hybridized carbons (Fsp3) is 0.316. The van der Waals surface area contributed by atoms with E-state index in [0.29, 0.717) is 5.92 Å². The van der Waals surface area contributed by atoms with E-state index in [1.165, 1.54) is 0 Å². The summed E-state index contributed by atoms with van der Waals surface area (Å²) in [7, 11) is 2.02. The van der Waals surface area contributed by atoms with Crippen LogP contribution in [0.2, 0.25) is 0 Å². The zero-order valence-electron chi connectivity index (χ0n) is 13.9. The van der Waals surface area contributed by atoms with Crippen molar-refractivity contribution in [2.24, 2.45) is 13.0 Å². The second-order valence-corrected chi connectivity index (χ2v) is 6.47. The van der Waals surface area contributed by atoms with Crippen molar-refractivity contribution >= 4 is 22.5 Å². The predicted octanol–water partition coefficient (Wildman–Crippen LogP) is 4.21. The van der Waals surface area contributed by atoms with Crippen LogP contribution in [0.5, 0.6) is 0 Å². The maximum absolute atomic E-state index is 12.8. The Balaban J connectivity index is 1.82. The zero-order valence-corrected chi connectivity index (χ0v) is 13.9. The Labute approximate surface area is 136 Å². The van der Waals surface area contributed by atoms with E-state index in [1.807, 2.05) is 60.5 Å². The molecular weight excluding hydrogens is 286 g/mol. The summed E-state index contributed by atoms with van der Waals surface area (Å²) < 4.78 is 4.05. The van der Waals surface area contributed by atoms with Gasteiger partial charge in [-0.3, -0.25) is 4.79 Å². The molecule has 0 saturated carbocycles. The minimum atomic E-state index is -0.184. The first kappa shape index (κ1) is 15.4. The Morgan fingerprint density at radius 2 is 1.87 bits per heavy atom. The Bertz CT molecular complexity index is 799. The molecule has 0 bridgehead atoms. The highest BCUT2D eigenvalue weighted by atomic mass is 16.2. The highest BCUT2D eigenvalue weighted by molar-refractivity contribution is 5.96. The lowest BCUT2D eigenvalue weighted by Crippen LogP contribution is -2.26. The first-order valence-electron chi connectivity index (χ1n) is 8.03. The maximum atomic E-state index is 12.8. The number of carbonyl (C=O) groups excluding carboxylic acids is 1. The van der Waals surface area contributed by atoms with Crippen molar-refractivity contribution < 1.29 is 4.79 Å². The number of hydrogen-bond donors (Lipinski definition) is 1. The molecule has 4 heteroatoms. The molecule has 1 N–H and O–H groups in total. The molecule has 0 aliphatic heterocycles. The smallest absolute Gasteiger partial charge is 0.247 e. The molecule has 2 heterocycles. The van der Waals surface area contributed by atoms with E-state index in [4.69, 9.17) is 0 Å². The standard InChI is InChI=1S/C19H23N3O/c1-14(2)12-18(22-9-4-5-10-22)19(23)20-16-6-7-17-15(13-16)8-11-21(17)3/h4-11,13-14,18H,12H2,1-3H3,(H,20,23)/t18-/m0/s1. The van der Waals surface area contributed by atoms with Crippen LogP contribution in [-0.4, -0.2) is 15.0 Å². The van der Waals surface area contributed by atoms with Gasteiger partial charge in [-0.15, -0.1) is 0 Å². The second kappa shape index (κ2) is 6.32. The molecule has 0 unspecified atom stereocenters. The van der Waals surface area contributed by atoms with E-state index in [2.05, 4.69) is 29.8 Å². The molecule has 0 aliphatic rings. The third-order valence-corrected chi connectivity index (χ3v) is 4.14. The van der Waals surface area contributed by atoms with Crippen molar-refractivity contribution in [1.82, 2.24) is 9.13 Å². The summed E-state index contributed by atoms with van der Waals surface area (Å²) in [6, 6.07) is 11.8. The Hall–Kier alpha value is -2.49. The number of aryl methyl sites for hydroxylation is 1. The van der Waals surface area contributed by atoms with E-state index in [1.54, 1.807) is 0 Å². The van der Waals surface area contributed by atoms with Crippen LogP contribution in [0.15, 0.2) is 55.0 Å². The lowest BCUT2D eigenvalue weighted by molar-refractivity contribution is -0.119. The van der Waals surface area contributed by atoms with Gasteiger partial charge in [0, 0.05) is 42.2 Å². The number of carbonyl (C=O) groups is 1. The molecule has 3 aromatic rings. The van der Waals surface area contributed by atoms with Crippen molar-refractivity contribution in [3.8, 4) is 0 Å². The molecule has 0 radical (unpaired) electrons. The third kappa shape index (κ3) is 3.31. The summed E-state index contributed by atoms with van der Waals surface area (Å²) in [6.07, 6.45) is 6.74. The summed E-state index contributed by atoms with van der Waals surface area (Å²) in [5.41, 5.74) is 2.00. The van der Waals surface area contributed by atoms with Crippen molar-refractivity contribution in [2.75, 3.05) is 5.32 Å². The first-order chi connectivity index (χ1) is 11.0. The monoisotopic (exact) mass is 309 g/mol. The Morgan fingerprint density at radius 3 is 2.57 bits per heavy atom. The summed E-state index contributed by atoms with van der Waals surface area (Å²) in [4.78, 5) is 12.8. The van der Waals surface area contributed by atoms with Crippen molar-refractivity contribution in [2.45, 2.75) is 26.3 Å². The predicted molar refractivity (Wildman–Crippen MR) is 94.5 cm³/mol. The lowest BCUT2D eigenvalue weighted by Gasteiger charge is -2.20. The van der Waals surface area contributed by atoms with Gasteiger partial charge in [0.25, 0.3) is 0 Å². The fourth-order valence-electron chi connectivity index (χ4n) is 2.95. The van der Waals surface area contributed by atoms with Gasteiger partial charge in [-0.25, -0.2) is 0 Å². The molecule has 2 aromatic heterocycles. The third-order valence-electron chi connectivity index (χ3n) is 4.14. The number of nitrogens with zero attached hydrogens (tertiary/aromatic N) is 2. The van der Waals surface area contributed by atoms with E-state index >= 15 is 0 Å². The molecule has 0 saturated heterocycles. The van der Waals surface area contributed by atoms with Crippen LogP contribution in [0, 0.1) is 5.92 Å². The summed E-state index contributed by atoms with van der Waals surface area (Å²) in [6.45, 7) is 4.28.